The lowest BCUT2D eigenvalue weighted by atomic mass is 10.2. The third kappa shape index (κ3) is 10.5. The number of hydrogen-bond acceptors (Lipinski definition) is 3. The van der Waals surface area contributed by atoms with E-state index in [-0.39, 0.29) is 11.2 Å². The van der Waals surface area contributed by atoms with Crippen LogP contribution in [0.3, 0.4) is 0 Å². The van der Waals surface area contributed by atoms with Crippen molar-refractivity contribution < 1.29 is 9.00 Å². The van der Waals surface area contributed by atoms with Crippen LogP contribution >= 0.6 is 0 Å². The Morgan fingerprint density at radius 1 is 1.24 bits per heavy atom. The predicted molar refractivity (Wildman–Crippen MR) is 73.5 cm³/mol. The summed E-state index contributed by atoms with van der Waals surface area (Å²) < 4.78 is 11.1. The van der Waals surface area contributed by atoms with Crippen LogP contribution in [0.15, 0.2) is 0 Å². The monoisotopic (exact) mass is 262 g/mol. The average molecular weight is 262 g/mol. The lowest BCUT2D eigenvalue weighted by Crippen LogP contribution is -2.29. The zero-order valence-corrected chi connectivity index (χ0v) is 12.2. The van der Waals surface area contributed by atoms with Crippen molar-refractivity contribution in [1.82, 2.24) is 10.6 Å². The van der Waals surface area contributed by atoms with Crippen LogP contribution in [0.5, 0.6) is 0 Å². The lowest BCUT2D eigenvalue weighted by molar-refractivity contribution is -0.121. The van der Waals surface area contributed by atoms with Gasteiger partial charge in [-0.3, -0.25) is 9.00 Å². The van der Waals surface area contributed by atoms with E-state index >= 15 is 0 Å². The van der Waals surface area contributed by atoms with Crippen molar-refractivity contribution in [3.63, 3.8) is 0 Å². The molecule has 0 saturated heterocycles. The predicted octanol–water partition coefficient (Wildman–Crippen LogP) is 1.04. The molecule has 0 aliphatic rings. The van der Waals surface area contributed by atoms with Gasteiger partial charge in [0.2, 0.25) is 5.91 Å². The molecule has 0 aromatic heterocycles. The molecular formula is C12H26N2O2S. The molecule has 0 aromatic rings. The van der Waals surface area contributed by atoms with E-state index in [9.17, 15) is 9.00 Å². The molecule has 17 heavy (non-hydrogen) atoms. The van der Waals surface area contributed by atoms with Crippen molar-refractivity contribution in [3.8, 4) is 0 Å². The fraction of sp³-hybridized carbons (Fsp3) is 0.917. The molecule has 5 heteroatoms. The minimum atomic E-state index is -0.798. The van der Waals surface area contributed by atoms with Gasteiger partial charge in [0.05, 0.1) is 0 Å². The molecule has 0 heterocycles. The number of nitrogens with one attached hydrogen (secondary N) is 2. The Balaban J connectivity index is 3.44. The average Bonchev–Trinajstić information content (AvgIpc) is 2.23. The molecular weight excluding hydrogens is 236 g/mol. The molecule has 2 atom stereocenters. The maximum absolute atomic E-state index is 11.4. The van der Waals surface area contributed by atoms with E-state index in [1.807, 2.05) is 6.92 Å². The molecule has 0 spiro atoms. The summed E-state index contributed by atoms with van der Waals surface area (Å²) in [6.07, 6.45) is 3.89. The van der Waals surface area contributed by atoms with E-state index in [2.05, 4.69) is 24.5 Å². The maximum Gasteiger partial charge on any atom is 0.220 e. The zero-order chi connectivity index (χ0) is 13.3. The van der Waals surface area contributed by atoms with Crippen LogP contribution < -0.4 is 10.6 Å². The van der Waals surface area contributed by atoms with Crippen molar-refractivity contribution in [2.75, 3.05) is 19.3 Å². The smallest absolute Gasteiger partial charge is 0.220 e. The van der Waals surface area contributed by atoms with Crippen LogP contribution in [0, 0.1) is 0 Å². The van der Waals surface area contributed by atoms with Crippen molar-refractivity contribution in [1.29, 1.82) is 0 Å². The van der Waals surface area contributed by atoms with Crippen LogP contribution in [-0.2, 0) is 15.6 Å². The second-order valence-electron chi connectivity index (χ2n) is 4.66. The topological polar surface area (TPSA) is 58.2 Å². The summed E-state index contributed by atoms with van der Waals surface area (Å²) in [6, 6.07) is 0.471. The fourth-order valence-corrected chi connectivity index (χ4v) is 1.76. The van der Waals surface area contributed by atoms with Gasteiger partial charge in [0.1, 0.15) is 0 Å². The minimum Gasteiger partial charge on any atom is -0.356 e. The van der Waals surface area contributed by atoms with Gasteiger partial charge < -0.3 is 10.6 Å². The van der Waals surface area contributed by atoms with Gasteiger partial charge in [-0.05, 0) is 19.4 Å². The van der Waals surface area contributed by atoms with Crippen molar-refractivity contribution in [2.45, 2.75) is 51.3 Å². The summed E-state index contributed by atoms with van der Waals surface area (Å²) >= 11 is 0. The largest absolute Gasteiger partial charge is 0.356 e. The minimum absolute atomic E-state index is 0.0876. The van der Waals surface area contributed by atoms with E-state index in [1.54, 1.807) is 6.26 Å². The third-order valence-electron chi connectivity index (χ3n) is 2.57. The van der Waals surface area contributed by atoms with Crippen LogP contribution in [0.1, 0.15) is 40.0 Å². The lowest BCUT2D eigenvalue weighted by Gasteiger charge is -2.10. The standard InChI is InChI=1S/C12H26N2O2S/c1-10(2)13-8-5-6-12(15)14-9-7-11(3)17(4)16/h10-11,13H,5-9H2,1-4H3,(H,14,15). The van der Waals surface area contributed by atoms with Gasteiger partial charge in [0.15, 0.2) is 0 Å². The fourth-order valence-electron chi connectivity index (χ4n) is 1.31. The highest BCUT2D eigenvalue weighted by atomic mass is 32.2. The highest BCUT2D eigenvalue weighted by Gasteiger charge is 2.06. The maximum atomic E-state index is 11.4. The van der Waals surface area contributed by atoms with Gasteiger partial charge in [0, 0.05) is 41.3 Å². The molecule has 2 unspecified atom stereocenters. The summed E-state index contributed by atoms with van der Waals surface area (Å²) in [5, 5.41) is 6.28. The summed E-state index contributed by atoms with van der Waals surface area (Å²) in [7, 11) is -0.798. The highest BCUT2D eigenvalue weighted by Crippen LogP contribution is 1.97. The van der Waals surface area contributed by atoms with Crippen LogP contribution in [0.25, 0.3) is 0 Å². The number of rotatable bonds is 9. The van der Waals surface area contributed by atoms with Crippen LogP contribution in [-0.4, -0.2) is 40.8 Å². The van der Waals surface area contributed by atoms with Gasteiger partial charge >= 0.3 is 0 Å². The molecule has 0 aliphatic carbocycles. The Labute approximate surface area is 107 Å². The third-order valence-corrected chi connectivity index (χ3v) is 3.94. The van der Waals surface area contributed by atoms with Crippen LogP contribution in [0.2, 0.25) is 0 Å². The summed E-state index contributed by atoms with van der Waals surface area (Å²) in [6.45, 7) is 7.62. The van der Waals surface area contributed by atoms with E-state index < -0.39 is 10.8 Å². The zero-order valence-electron chi connectivity index (χ0n) is 11.4. The molecule has 0 bridgehead atoms. The van der Waals surface area contributed by atoms with E-state index in [1.165, 1.54) is 0 Å². The van der Waals surface area contributed by atoms with E-state index in [0.29, 0.717) is 19.0 Å². The Morgan fingerprint density at radius 2 is 1.88 bits per heavy atom. The number of carbonyl (C=O) groups is 1. The molecule has 1 amide bonds. The first-order valence-electron chi connectivity index (χ1n) is 6.25. The van der Waals surface area contributed by atoms with E-state index in [0.717, 1.165) is 19.4 Å². The van der Waals surface area contributed by atoms with Gasteiger partial charge in [-0.15, -0.1) is 0 Å². The molecule has 102 valence electrons. The number of hydrogen-bond donors (Lipinski definition) is 2. The molecule has 0 radical (unpaired) electrons. The SMILES string of the molecule is CC(C)NCCCC(=O)NCCC(C)S(C)=O. The Bertz CT molecular complexity index is 245. The molecule has 0 aliphatic heterocycles. The van der Waals surface area contributed by atoms with Gasteiger partial charge in [-0.1, -0.05) is 20.8 Å². The molecule has 4 nitrogen and oxygen atoms in total. The van der Waals surface area contributed by atoms with Crippen molar-refractivity contribution in [3.05, 3.63) is 0 Å². The molecule has 0 rings (SSSR count). The first-order valence-corrected chi connectivity index (χ1v) is 7.88. The normalized spacial score (nSPS) is 14.6. The van der Waals surface area contributed by atoms with Gasteiger partial charge in [-0.25, -0.2) is 0 Å². The Morgan fingerprint density at radius 3 is 2.41 bits per heavy atom. The molecule has 0 fully saturated rings. The first kappa shape index (κ1) is 16.6. The van der Waals surface area contributed by atoms with E-state index in [4.69, 9.17) is 0 Å². The quantitative estimate of drug-likeness (QED) is 0.610. The summed E-state index contributed by atoms with van der Waals surface area (Å²) in [5.41, 5.74) is 0. The molecule has 0 aromatic carbocycles. The number of carbonyl (C=O) groups excluding carboxylic acids is 1. The second kappa shape index (κ2) is 9.59. The molecule has 2 N–H and O–H groups in total. The summed E-state index contributed by atoms with van der Waals surface area (Å²) in [4.78, 5) is 11.4. The Hall–Kier alpha value is -0.420. The molecule has 0 saturated carbocycles. The number of amides is 1. The first-order chi connectivity index (χ1) is 7.93. The van der Waals surface area contributed by atoms with Gasteiger partial charge in [0.25, 0.3) is 0 Å². The van der Waals surface area contributed by atoms with Gasteiger partial charge in [-0.2, -0.15) is 0 Å². The highest BCUT2D eigenvalue weighted by molar-refractivity contribution is 7.84. The summed E-state index contributed by atoms with van der Waals surface area (Å²) in [5.74, 6) is 0.0876. The second-order valence-corrected chi connectivity index (χ2v) is 6.46. The Kier molecular flexibility index (Phi) is 9.36. The van der Waals surface area contributed by atoms with Crippen molar-refractivity contribution in [2.24, 2.45) is 0 Å². The van der Waals surface area contributed by atoms with Crippen molar-refractivity contribution >= 4 is 16.7 Å². The van der Waals surface area contributed by atoms with Crippen LogP contribution in [0.4, 0.5) is 0 Å².